The number of imidazole rings is 1. The molecule has 1 N–H and O–H groups in total. The van der Waals surface area contributed by atoms with Gasteiger partial charge in [0.15, 0.2) is 0 Å². The quantitative estimate of drug-likeness (QED) is 0.581. The molecule has 0 fully saturated rings. The molecule has 0 atom stereocenters. The molecule has 154 valence electrons. The van der Waals surface area contributed by atoms with E-state index in [9.17, 15) is 4.79 Å². The Kier molecular flexibility index (Phi) is 6.42. The van der Waals surface area contributed by atoms with Crippen molar-refractivity contribution in [2.45, 2.75) is 40.3 Å². The number of carbonyl (C=O) groups excluding carboxylic acids is 1. The maximum absolute atomic E-state index is 12.3. The predicted molar refractivity (Wildman–Crippen MR) is 114 cm³/mol. The number of aryl methyl sites for hydroxylation is 1. The number of methoxy groups -OCH3 is 1. The zero-order chi connectivity index (χ0) is 20.9. The van der Waals surface area contributed by atoms with Gasteiger partial charge in [-0.05, 0) is 42.8 Å². The molecule has 1 aromatic heterocycles. The van der Waals surface area contributed by atoms with Crippen LogP contribution in [0.25, 0.3) is 11.0 Å². The molecule has 0 spiro atoms. The van der Waals surface area contributed by atoms with Gasteiger partial charge in [0, 0.05) is 12.0 Å². The van der Waals surface area contributed by atoms with Gasteiger partial charge in [-0.25, -0.2) is 4.98 Å². The molecule has 0 aliphatic carbocycles. The van der Waals surface area contributed by atoms with Gasteiger partial charge in [-0.3, -0.25) is 4.79 Å². The van der Waals surface area contributed by atoms with E-state index in [0.29, 0.717) is 13.2 Å². The van der Waals surface area contributed by atoms with Crippen molar-refractivity contribution in [2.75, 3.05) is 13.7 Å². The number of hydrogen-bond acceptors (Lipinski definition) is 4. The summed E-state index contributed by atoms with van der Waals surface area (Å²) in [5, 5.41) is 3.00. The van der Waals surface area contributed by atoms with E-state index in [0.717, 1.165) is 41.3 Å². The standard InChI is InChI=1S/C23H29N3O3/c1-23(2,3)22(27)24-16-21-25-19-8-5-6-9-20(19)26(21)14-7-15-29-18-12-10-17(28-4)11-13-18/h5-6,8-13H,7,14-16H2,1-4H3,(H,24,27). The van der Waals surface area contributed by atoms with Gasteiger partial charge in [0.05, 0.1) is 31.3 Å². The Morgan fingerprint density at radius 3 is 2.45 bits per heavy atom. The normalized spacial score (nSPS) is 11.4. The van der Waals surface area contributed by atoms with Crippen molar-refractivity contribution in [3.8, 4) is 11.5 Å². The van der Waals surface area contributed by atoms with E-state index < -0.39 is 5.41 Å². The molecule has 0 aliphatic heterocycles. The smallest absolute Gasteiger partial charge is 0.225 e. The molecule has 0 bridgehead atoms. The van der Waals surface area contributed by atoms with E-state index in [1.54, 1.807) is 7.11 Å². The van der Waals surface area contributed by atoms with E-state index in [4.69, 9.17) is 14.5 Å². The van der Waals surface area contributed by atoms with Gasteiger partial charge in [0.1, 0.15) is 17.3 Å². The zero-order valence-electron chi connectivity index (χ0n) is 17.6. The predicted octanol–water partition coefficient (Wildman–Crippen LogP) is 4.18. The van der Waals surface area contributed by atoms with E-state index in [2.05, 4.69) is 16.0 Å². The lowest BCUT2D eigenvalue weighted by Gasteiger charge is -2.18. The van der Waals surface area contributed by atoms with Crippen molar-refractivity contribution in [3.63, 3.8) is 0 Å². The monoisotopic (exact) mass is 395 g/mol. The van der Waals surface area contributed by atoms with E-state index in [1.807, 2.05) is 63.2 Å². The lowest BCUT2D eigenvalue weighted by Crippen LogP contribution is -2.35. The number of fused-ring (bicyclic) bond motifs is 1. The van der Waals surface area contributed by atoms with Gasteiger partial charge in [0.25, 0.3) is 0 Å². The minimum atomic E-state index is -0.428. The molecule has 0 aliphatic rings. The van der Waals surface area contributed by atoms with Crippen LogP contribution in [0.15, 0.2) is 48.5 Å². The molecule has 29 heavy (non-hydrogen) atoms. The number of aromatic nitrogens is 2. The third-order valence-corrected chi connectivity index (χ3v) is 4.68. The second-order valence-corrected chi connectivity index (χ2v) is 7.98. The second kappa shape index (κ2) is 8.99. The topological polar surface area (TPSA) is 65.4 Å². The van der Waals surface area contributed by atoms with Crippen molar-refractivity contribution in [2.24, 2.45) is 5.41 Å². The summed E-state index contributed by atoms with van der Waals surface area (Å²) >= 11 is 0. The summed E-state index contributed by atoms with van der Waals surface area (Å²) in [6, 6.07) is 15.6. The highest BCUT2D eigenvalue weighted by molar-refractivity contribution is 5.81. The zero-order valence-corrected chi connectivity index (χ0v) is 17.6. The maximum Gasteiger partial charge on any atom is 0.225 e. The number of para-hydroxylation sites is 2. The van der Waals surface area contributed by atoms with Crippen LogP contribution in [-0.2, 0) is 17.9 Å². The fourth-order valence-electron chi connectivity index (χ4n) is 3.02. The SMILES string of the molecule is COc1ccc(OCCCn2c(CNC(=O)C(C)(C)C)nc3ccccc32)cc1. The van der Waals surface area contributed by atoms with Crippen LogP contribution in [0.1, 0.15) is 33.0 Å². The van der Waals surface area contributed by atoms with E-state index >= 15 is 0 Å². The van der Waals surface area contributed by atoms with Crippen molar-refractivity contribution in [1.29, 1.82) is 0 Å². The Bertz CT molecular complexity index is 956. The van der Waals surface area contributed by atoms with Crippen LogP contribution < -0.4 is 14.8 Å². The highest BCUT2D eigenvalue weighted by Crippen LogP contribution is 2.19. The molecule has 0 radical (unpaired) electrons. The minimum absolute atomic E-state index is 0.0129. The largest absolute Gasteiger partial charge is 0.497 e. The van der Waals surface area contributed by atoms with Crippen LogP contribution in [0.5, 0.6) is 11.5 Å². The fraction of sp³-hybridized carbons (Fsp3) is 0.391. The Hall–Kier alpha value is -3.02. The highest BCUT2D eigenvalue weighted by Gasteiger charge is 2.21. The van der Waals surface area contributed by atoms with Gasteiger partial charge < -0.3 is 19.4 Å². The molecule has 3 aromatic rings. The van der Waals surface area contributed by atoms with Crippen LogP contribution in [0.3, 0.4) is 0 Å². The van der Waals surface area contributed by atoms with Crippen molar-refractivity contribution in [3.05, 3.63) is 54.4 Å². The van der Waals surface area contributed by atoms with Crippen LogP contribution >= 0.6 is 0 Å². The van der Waals surface area contributed by atoms with Gasteiger partial charge in [-0.2, -0.15) is 0 Å². The summed E-state index contributed by atoms with van der Waals surface area (Å²) in [4.78, 5) is 17.0. The molecule has 0 saturated heterocycles. The first kappa shape index (κ1) is 20.7. The van der Waals surface area contributed by atoms with Gasteiger partial charge >= 0.3 is 0 Å². The molecular weight excluding hydrogens is 366 g/mol. The lowest BCUT2D eigenvalue weighted by atomic mass is 9.96. The first-order valence-electron chi connectivity index (χ1n) is 9.88. The van der Waals surface area contributed by atoms with Crippen LogP contribution in [-0.4, -0.2) is 29.2 Å². The fourth-order valence-corrected chi connectivity index (χ4v) is 3.02. The molecule has 1 heterocycles. The highest BCUT2D eigenvalue weighted by atomic mass is 16.5. The number of nitrogens with zero attached hydrogens (tertiary/aromatic N) is 2. The summed E-state index contributed by atoms with van der Waals surface area (Å²) < 4.78 is 13.2. The Morgan fingerprint density at radius 1 is 1.07 bits per heavy atom. The van der Waals surface area contributed by atoms with E-state index in [-0.39, 0.29) is 5.91 Å². The number of nitrogens with one attached hydrogen (secondary N) is 1. The summed E-state index contributed by atoms with van der Waals surface area (Å²) in [5.74, 6) is 2.50. The lowest BCUT2D eigenvalue weighted by molar-refractivity contribution is -0.128. The molecule has 6 heteroatoms. The van der Waals surface area contributed by atoms with Gasteiger partial charge in [-0.1, -0.05) is 32.9 Å². The Labute approximate surface area is 171 Å². The maximum atomic E-state index is 12.3. The second-order valence-electron chi connectivity index (χ2n) is 7.98. The number of benzene rings is 2. The summed E-state index contributed by atoms with van der Waals surface area (Å²) in [7, 11) is 1.65. The number of carbonyl (C=O) groups is 1. The average Bonchev–Trinajstić information content (AvgIpc) is 3.06. The van der Waals surface area contributed by atoms with Crippen molar-refractivity contribution >= 4 is 16.9 Å². The molecule has 0 saturated carbocycles. The third-order valence-electron chi connectivity index (χ3n) is 4.68. The molecular formula is C23H29N3O3. The number of amides is 1. The summed E-state index contributed by atoms with van der Waals surface area (Å²) in [6.45, 7) is 7.47. The number of ether oxygens (including phenoxy) is 2. The molecule has 1 amide bonds. The summed E-state index contributed by atoms with van der Waals surface area (Å²) in [6.07, 6.45) is 0.826. The van der Waals surface area contributed by atoms with Crippen LogP contribution in [0, 0.1) is 5.41 Å². The molecule has 3 rings (SSSR count). The average molecular weight is 396 g/mol. The first-order valence-corrected chi connectivity index (χ1v) is 9.88. The number of hydrogen-bond donors (Lipinski definition) is 1. The number of rotatable bonds is 8. The first-order chi connectivity index (χ1) is 13.9. The third kappa shape index (κ3) is 5.28. The van der Waals surface area contributed by atoms with Crippen molar-refractivity contribution < 1.29 is 14.3 Å². The van der Waals surface area contributed by atoms with Crippen LogP contribution in [0.4, 0.5) is 0 Å². The molecule has 2 aromatic carbocycles. The minimum Gasteiger partial charge on any atom is -0.497 e. The van der Waals surface area contributed by atoms with Crippen LogP contribution in [0.2, 0.25) is 0 Å². The van der Waals surface area contributed by atoms with Gasteiger partial charge in [-0.15, -0.1) is 0 Å². The Morgan fingerprint density at radius 2 is 1.76 bits per heavy atom. The Balaban J connectivity index is 1.64. The van der Waals surface area contributed by atoms with E-state index in [1.165, 1.54) is 0 Å². The molecule has 6 nitrogen and oxygen atoms in total. The van der Waals surface area contributed by atoms with Gasteiger partial charge in [0.2, 0.25) is 5.91 Å². The molecule has 0 unspecified atom stereocenters. The van der Waals surface area contributed by atoms with Crippen molar-refractivity contribution in [1.82, 2.24) is 14.9 Å². The summed E-state index contributed by atoms with van der Waals surface area (Å²) in [5.41, 5.74) is 1.57.